The number of imidazole rings is 1. The summed E-state index contributed by atoms with van der Waals surface area (Å²) < 4.78 is 1.90. The average molecular weight is 306 g/mol. The lowest BCUT2D eigenvalue weighted by atomic mass is 9.94. The highest BCUT2D eigenvalue weighted by atomic mass is 35.5. The van der Waals surface area contributed by atoms with Crippen LogP contribution >= 0.6 is 11.6 Å². The topological polar surface area (TPSA) is 46.9 Å². The van der Waals surface area contributed by atoms with Crippen LogP contribution in [0, 0.1) is 5.41 Å². The summed E-state index contributed by atoms with van der Waals surface area (Å²) in [7, 11) is 1.91. The number of hydrogen-bond acceptors (Lipinski definition) is 2. The summed E-state index contributed by atoms with van der Waals surface area (Å²) in [6.07, 6.45) is 3.59. The number of hydrogen-bond donors (Lipinski definition) is 1. The number of carbonyl (C=O) groups is 1. The van der Waals surface area contributed by atoms with E-state index in [2.05, 4.69) is 10.3 Å². The third-order valence-electron chi connectivity index (χ3n) is 3.28. The molecule has 0 aliphatic carbocycles. The molecule has 112 valence electrons. The molecule has 0 aliphatic heterocycles. The minimum atomic E-state index is -0.462. The predicted molar refractivity (Wildman–Crippen MR) is 84.1 cm³/mol. The second-order valence-electron chi connectivity index (χ2n) is 6.10. The van der Waals surface area contributed by atoms with Gasteiger partial charge in [-0.1, -0.05) is 44.5 Å². The molecule has 0 bridgehead atoms. The van der Waals surface area contributed by atoms with E-state index in [4.69, 9.17) is 11.6 Å². The Hall–Kier alpha value is -1.81. The molecule has 0 saturated carbocycles. The first-order valence-electron chi connectivity index (χ1n) is 6.82. The van der Waals surface area contributed by atoms with Crippen LogP contribution in [0.2, 0.25) is 5.02 Å². The van der Waals surface area contributed by atoms with E-state index < -0.39 is 5.41 Å². The maximum atomic E-state index is 12.3. The fraction of sp³-hybridized carbons (Fsp3) is 0.375. The maximum absolute atomic E-state index is 12.3. The maximum Gasteiger partial charge on any atom is 0.226 e. The Morgan fingerprint density at radius 1 is 1.29 bits per heavy atom. The van der Waals surface area contributed by atoms with E-state index in [0.717, 1.165) is 11.4 Å². The largest absolute Gasteiger partial charge is 0.342 e. The number of nitrogens with one attached hydrogen (secondary N) is 1. The molecule has 1 heterocycles. The standard InChI is InChI=1S/C16H20ClN3O/c1-16(2,3)15(21)19-13(14-18-9-10-20(14)4)11-5-7-12(17)8-6-11/h5-10,13H,1-4H3,(H,19,21). The van der Waals surface area contributed by atoms with Crippen LogP contribution in [0.3, 0.4) is 0 Å². The summed E-state index contributed by atoms with van der Waals surface area (Å²) in [5.41, 5.74) is 0.488. The van der Waals surface area contributed by atoms with Crippen LogP contribution in [0.15, 0.2) is 36.7 Å². The van der Waals surface area contributed by atoms with Crippen molar-refractivity contribution in [3.05, 3.63) is 53.1 Å². The fourth-order valence-corrected chi connectivity index (χ4v) is 2.08. The monoisotopic (exact) mass is 305 g/mol. The van der Waals surface area contributed by atoms with Crippen LogP contribution in [-0.2, 0) is 11.8 Å². The Bertz CT molecular complexity index is 626. The molecule has 21 heavy (non-hydrogen) atoms. The zero-order valence-corrected chi connectivity index (χ0v) is 13.5. The van der Waals surface area contributed by atoms with Gasteiger partial charge >= 0.3 is 0 Å². The Kier molecular flexibility index (Phi) is 4.37. The van der Waals surface area contributed by atoms with Gasteiger partial charge in [-0.2, -0.15) is 0 Å². The summed E-state index contributed by atoms with van der Waals surface area (Å²) in [6.45, 7) is 5.67. The van der Waals surface area contributed by atoms with Crippen LogP contribution in [-0.4, -0.2) is 15.5 Å². The second kappa shape index (κ2) is 5.90. The quantitative estimate of drug-likeness (QED) is 0.945. The van der Waals surface area contributed by atoms with E-state index in [1.54, 1.807) is 6.20 Å². The van der Waals surface area contributed by atoms with E-state index >= 15 is 0 Å². The van der Waals surface area contributed by atoms with Crippen molar-refractivity contribution in [3.63, 3.8) is 0 Å². The molecule has 0 aliphatic rings. The van der Waals surface area contributed by atoms with Gasteiger partial charge in [0.15, 0.2) is 0 Å². The molecule has 1 amide bonds. The molecule has 2 rings (SSSR count). The average Bonchev–Trinajstić information content (AvgIpc) is 2.82. The van der Waals surface area contributed by atoms with Crippen molar-refractivity contribution in [3.8, 4) is 0 Å². The van der Waals surface area contributed by atoms with Crippen LogP contribution in [0.4, 0.5) is 0 Å². The molecule has 1 unspecified atom stereocenters. The lowest BCUT2D eigenvalue weighted by Crippen LogP contribution is -2.38. The molecule has 0 saturated heterocycles. The SMILES string of the molecule is Cn1ccnc1C(NC(=O)C(C)(C)C)c1ccc(Cl)cc1. The Morgan fingerprint density at radius 3 is 2.38 bits per heavy atom. The summed E-state index contributed by atoms with van der Waals surface area (Å²) in [5, 5.41) is 3.74. The lowest BCUT2D eigenvalue weighted by molar-refractivity contribution is -0.129. The van der Waals surface area contributed by atoms with Gasteiger partial charge in [-0.3, -0.25) is 4.79 Å². The fourth-order valence-electron chi connectivity index (χ4n) is 1.96. The Balaban J connectivity index is 2.38. The van der Waals surface area contributed by atoms with Crippen LogP contribution in [0.5, 0.6) is 0 Å². The smallest absolute Gasteiger partial charge is 0.226 e. The second-order valence-corrected chi connectivity index (χ2v) is 6.54. The van der Waals surface area contributed by atoms with Crippen LogP contribution in [0.25, 0.3) is 0 Å². The van der Waals surface area contributed by atoms with Crippen molar-refractivity contribution in [2.75, 3.05) is 0 Å². The lowest BCUT2D eigenvalue weighted by Gasteiger charge is -2.24. The van der Waals surface area contributed by atoms with E-state index in [0.29, 0.717) is 5.02 Å². The first-order valence-corrected chi connectivity index (χ1v) is 7.20. The molecule has 1 aromatic carbocycles. The highest BCUT2D eigenvalue weighted by molar-refractivity contribution is 6.30. The summed E-state index contributed by atoms with van der Waals surface area (Å²) in [4.78, 5) is 16.7. The van der Waals surface area contributed by atoms with Gasteiger partial charge in [0.2, 0.25) is 5.91 Å². The zero-order valence-electron chi connectivity index (χ0n) is 12.7. The van der Waals surface area contributed by atoms with Gasteiger partial charge in [0.1, 0.15) is 11.9 Å². The highest BCUT2D eigenvalue weighted by Gasteiger charge is 2.27. The summed E-state index contributed by atoms with van der Waals surface area (Å²) in [6, 6.07) is 7.15. The molecule has 4 nitrogen and oxygen atoms in total. The normalized spacial score (nSPS) is 13.0. The van der Waals surface area contributed by atoms with E-state index in [9.17, 15) is 4.79 Å². The molecule has 1 aromatic heterocycles. The van der Waals surface area contributed by atoms with Gasteiger partial charge in [-0.25, -0.2) is 4.98 Å². The Labute approximate surface area is 130 Å². The predicted octanol–water partition coefficient (Wildman–Crippen LogP) is 3.33. The van der Waals surface area contributed by atoms with Crippen molar-refractivity contribution in [2.45, 2.75) is 26.8 Å². The number of carbonyl (C=O) groups excluding carboxylic acids is 1. The van der Waals surface area contributed by atoms with Crippen LogP contribution in [0.1, 0.15) is 38.2 Å². The highest BCUT2D eigenvalue weighted by Crippen LogP contribution is 2.24. The summed E-state index contributed by atoms with van der Waals surface area (Å²) in [5.74, 6) is 0.764. The van der Waals surface area contributed by atoms with E-state index in [-0.39, 0.29) is 11.9 Å². The van der Waals surface area contributed by atoms with Gasteiger partial charge in [0.05, 0.1) is 0 Å². The minimum absolute atomic E-state index is 0.0227. The number of aryl methyl sites for hydroxylation is 1. The Morgan fingerprint density at radius 2 is 1.90 bits per heavy atom. The van der Waals surface area contributed by atoms with Crippen molar-refractivity contribution in [1.29, 1.82) is 0 Å². The van der Waals surface area contributed by atoms with Gasteiger partial charge in [-0.05, 0) is 17.7 Å². The molecular formula is C16H20ClN3O. The van der Waals surface area contributed by atoms with Crippen molar-refractivity contribution >= 4 is 17.5 Å². The van der Waals surface area contributed by atoms with Gasteiger partial charge < -0.3 is 9.88 Å². The number of halogens is 1. The van der Waals surface area contributed by atoms with Crippen molar-refractivity contribution in [1.82, 2.24) is 14.9 Å². The van der Waals surface area contributed by atoms with Gasteiger partial charge in [0, 0.05) is 29.9 Å². The van der Waals surface area contributed by atoms with Gasteiger partial charge in [0.25, 0.3) is 0 Å². The first-order chi connectivity index (χ1) is 9.79. The molecule has 2 aromatic rings. The van der Waals surface area contributed by atoms with Crippen molar-refractivity contribution in [2.24, 2.45) is 12.5 Å². The number of benzene rings is 1. The molecule has 0 spiro atoms. The molecule has 0 radical (unpaired) electrons. The summed E-state index contributed by atoms with van der Waals surface area (Å²) >= 11 is 5.94. The molecule has 1 atom stereocenters. The van der Waals surface area contributed by atoms with Crippen molar-refractivity contribution < 1.29 is 4.79 Å². The third-order valence-corrected chi connectivity index (χ3v) is 3.53. The van der Waals surface area contributed by atoms with E-state index in [1.165, 1.54) is 0 Å². The zero-order chi connectivity index (χ0) is 15.6. The molecular weight excluding hydrogens is 286 g/mol. The molecule has 5 heteroatoms. The third kappa shape index (κ3) is 3.64. The first kappa shape index (κ1) is 15.6. The number of nitrogens with zero attached hydrogens (tertiary/aromatic N) is 2. The minimum Gasteiger partial charge on any atom is -0.342 e. The molecule has 0 fully saturated rings. The van der Waals surface area contributed by atoms with Gasteiger partial charge in [-0.15, -0.1) is 0 Å². The molecule has 1 N–H and O–H groups in total. The van der Waals surface area contributed by atoms with Crippen LogP contribution < -0.4 is 5.32 Å². The number of amides is 1. The number of aromatic nitrogens is 2. The van der Waals surface area contributed by atoms with E-state index in [1.807, 2.05) is 62.8 Å². The number of rotatable bonds is 3.